The van der Waals surface area contributed by atoms with Crippen LogP contribution in [0.3, 0.4) is 0 Å². The van der Waals surface area contributed by atoms with Crippen LogP contribution in [-0.4, -0.2) is 16.4 Å². The molecule has 21 heavy (non-hydrogen) atoms. The van der Waals surface area contributed by atoms with Crippen molar-refractivity contribution in [3.63, 3.8) is 0 Å². The molecule has 0 spiro atoms. The Kier molecular flexibility index (Phi) is 4.31. The van der Waals surface area contributed by atoms with Crippen molar-refractivity contribution < 1.29 is 4.79 Å². The summed E-state index contributed by atoms with van der Waals surface area (Å²) in [6, 6.07) is 2.07. The highest BCUT2D eigenvalue weighted by Gasteiger charge is 2.37. The molecule has 1 heterocycles. The number of thiophene rings is 1. The lowest BCUT2D eigenvalue weighted by Gasteiger charge is -2.37. The maximum Gasteiger partial charge on any atom is 0.262 e. The number of nitrogens with one attached hydrogen (secondary N) is 1. The Bertz CT molecular complexity index is 535. The summed E-state index contributed by atoms with van der Waals surface area (Å²) in [4.78, 5) is 15.3. The number of amides is 1. The molecule has 1 aromatic rings. The highest BCUT2D eigenvalue weighted by atomic mass is 32.1. The molecular formula is C16H22N2OS2. The first-order valence-corrected chi connectivity index (χ1v) is 9.07. The van der Waals surface area contributed by atoms with E-state index in [4.69, 9.17) is 18.0 Å². The number of rotatable bonds is 3. The Morgan fingerprint density at radius 3 is 2.57 bits per heavy atom. The smallest absolute Gasteiger partial charge is 0.262 e. The molecule has 1 saturated carbocycles. The van der Waals surface area contributed by atoms with Crippen LogP contribution in [0, 0.1) is 0 Å². The summed E-state index contributed by atoms with van der Waals surface area (Å²) in [5, 5.41) is 3.16. The molecule has 3 rings (SSSR count). The molecule has 0 radical (unpaired) electrons. The fourth-order valence-electron chi connectivity index (χ4n) is 3.47. The van der Waals surface area contributed by atoms with Crippen molar-refractivity contribution in [2.45, 2.75) is 63.3 Å². The molecule has 1 aromatic heterocycles. The fourth-order valence-corrected chi connectivity index (χ4v) is 4.87. The van der Waals surface area contributed by atoms with E-state index in [1.54, 1.807) is 11.3 Å². The van der Waals surface area contributed by atoms with Crippen LogP contribution in [0.2, 0.25) is 0 Å². The molecule has 0 aliphatic heterocycles. The summed E-state index contributed by atoms with van der Waals surface area (Å²) in [6.07, 6.45) is 9.82. The van der Waals surface area contributed by atoms with Gasteiger partial charge < -0.3 is 11.1 Å². The molecule has 3 nitrogen and oxygen atoms in total. The lowest BCUT2D eigenvalue weighted by Crippen LogP contribution is -2.57. The molecule has 0 bridgehead atoms. The largest absolute Gasteiger partial charge is 0.391 e. The Labute approximate surface area is 135 Å². The number of fused-ring (bicyclic) bond motifs is 1. The SMILES string of the molecule is NC(=S)C1(NC(=O)c2cc3c(s2)CCCC3)CCCCC1. The monoisotopic (exact) mass is 322 g/mol. The van der Waals surface area contributed by atoms with Gasteiger partial charge in [0.2, 0.25) is 0 Å². The van der Waals surface area contributed by atoms with Crippen molar-refractivity contribution in [2.24, 2.45) is 5.73 Å². The summed E-state index contributed by atoms with van der Waals surface area (Å²) in [5.41, 5.74) is 6.85. The molecule has 2 aliphatic rings. The number of hydrogen-bond donors (Lipinski definition) is 2. The first kappa shape index (κ1) is 15.0. The first-order valence-electron chi connectivity index (χ1n) is 7.85. The summed E-state index contributed by atoms with van der Waals surface area (Å²) >= 11 is 6.90. The Balaban J connectivity index is 1.78. The minimum atomic E-state index is -0.463. The van der Waals surface area contributed by atoms with E-state index in [1.807, 2.05) is 0 Å². The topological polar surface area (TPSA) is 55.1 Å². The van der Waals surface area contributed by atoms with Gasteiger partial charge in [-0.2, -0.15) is 0 Å². The van der Waals surface area contributed by atoms with Crippen molar-refractivity contribution in [3.8, 4) is 0 Å². The lowest BCUT2D eigenvalue weighted by molar-refractivity contribution is 0.0912. The van der Waals surface area contributed by atoms with Gasteiger partial charge in [0, 0.05) is 4.88 Å². The van der Waals surface area contributed by atoms with Gasteiger partial charge in [-0.3, -0.25) is 4.79 Å². The van der Waals surface area contributed by atoms with Gasteiger partial charge in [0.25, 0.3) is 5.91 Å². The van der Waals surface area contributed by atoms with Gasteiger partial charge in [-0.15, -0.1) is 11.3 Å². The van der Waals surface area contributed by atoms with Crippen LogP contribution in [0.1, 0.15) is 65.1 Å². The Morgan fingerprint density at radius 1 is 1.19 bits per heavy atom. The molecule has 1 fully saturated rings. The van der Waals surface area contributed by atoms with Gasteiger partial charge >= 0.3 is 0 Å². The molecular weight excluding hydrogens is 300 g/mol. The quantitative estimate of drug-likeness (QED) is 0.839. The Morgan fingerprint density at radius 2 is 1.90 bits per heavy atom. The summed E-state index contributed by atoms with van der Waals surface area (Å²) in [5.74, 6) is 0.00380. The number of carbonyl (C=O) groups is 1. The van der Waals surface area contributed by atoms with E-state index in [0.717, 1.165) is 43.4 Å². The summed E-state index contributed by atoms with van der Waals surface area (Å²) in [7, 11) is 0. The number of hydrogen-bond acceptors (Lipinski definition) is 3. The zero-order valence-electron chi connectivity index (χ0n) is 12.2. The minimum absolute atomic E-state index is 0.00380. The van der Waals surface area contributed by atoms with Crippen molar-refractivity contribution in [1.82, 2.24) is 5.32 Å². The van der Waals surface area contributed by atoms with E-state index in [0.29, 0.717) is 4.99 Å². The predicted octanol–water partition coefficient (Wildman–Crippen LogP) is 3.35. The Hall–Kier alpha value is -0.940. The van der Waals surface area contributed by atoms with Crippen LogP contribution in [0.5, 0.6) is 0 Å². The third-order valence-corrected chi connectivity index (χ3v) is 6.38. The van der Waals surface area contributed by atoms with Crippen LogP contribution < -0.4 is 11.1 Å². The van der Waals surface area contributed by atoms with Crippen molar-refractivity contribution >= 4 is 34.5 Å². The van der Waals surface area contributed by atoms with Crippen LogP contribution in [0.4, 0.5) is 0 Å². The maximum atomic E-state index is 12.6. The van der Waals surface area contributed by atoms with Crippen LogP contribution in [0.25, 0.3) is 0 Å². The summed E-state index contributed by atoms with van der Waals surface area (Å²) < 4.78 is 0. The van der Waals surface area contributed by atoms with E-state index in [1.165, 1.54) is 29.7 Å². The molecule has 5 heteroatoms. The van der Waals surface area contributed by atoms with E-state index in [9.17, 15) is 4.79 Å². The fraction of sp³-hybridized carbons (Fsp3) is 0.625. The highest BCUT2D eigenvalue weighted by Crippen LogP contribution is 2.32. The van der Waals surface area contributed by atoms with Gasteiger partial charge in [-0.05, 0) is 50.2 Å². The van der Waals surface area contributed by atoms with Gasteiger partial charge in [-0.1, -0.05) is 31.5 Å². The second-order valence-corrected chi connectivity index (χ2v) is 7.80. The predicted molar refractivity (Wildman–Crippen MR) is 91.0 cm³/mol. The number of nitrogens with two attached hydrogens (primary N) is 1. The van der Waals surface area contributed by atoms with Gasteiger partial charge in [0.15, 0.2) is 0 Å². The number of carbonyl (C=O) groups excluding carboxylic acids is 1. The zero-order valence-corrected chi connectivity index (χ0v) is 13.9. The molecule has 3 N–H and O–H groups in total. The van der Waals surface area contributed by atoms with Gasteiger partial charge in [0.05, 0.1) is 15.4 Å². The summed E-state index contributed by atoms with van der Waals surface area (Å²) in [6.45, 7) is 0. The number of aryl methyl sites for hydroxylation is 2. The molecule has 0 unspecified atom stereocenters. The van der Waals surface area contributed by atoms with E-state index in [2.05, 4.69) is 11.4 Å². The molecule has 114 valence electrons. The van der Waals surface area contributed by atoms with Crippen molar-refractivity contribution in [2.75, 3.05) is 0 Å². The minimum Gasteiger partial charge on any atom is -0.391 e. The first-order chi connectivity index (χ1) is 10.1. The highest BCUT2D eigenvalue weighted by molar-refractivity contribution is 7.80. The number of thiocarbonyl (C=S) groups is 1. The van der Waals surface area contributed by atoms with E-state index in [-0.39, 0.29) is 5.91 Å². The third kappa shape index (κ3) is 2.99. The molecule has 2 aliphatic carbocycles. The zero-order chi connectivity index (χ0) is 14.9. The average Bonchev–Trinajstić information content (AvgIpc) is 2.92. The molecule has 0 aromatic carbocycles. The van der Waals surface area contributed by atoms with E-state index < -0.39 is 5.54 Å². The van der Waals surface area contributed by atoms with Crippen LogP contribution >= 0.6 is 23.6 Å². The normalized spacial score (nSPS) is 20.6. The molecule has 0 atom stereocenters. The van der Waals surface area contributed by atoms with E-state index >= 15 is 0 Å². The van der Waals surface area contributed by atoms with Gasteiger partial charge in [-0.25, -0.2) is 0 Å². The third-order valence-electron chi connectivity index (χ3n) is 4.75. The lowest BCUT2D eigenvalue weighted by atomic mass is 9.81. The average molecular weight is 322 g/mol. The maximum absolute atomic E-state index is 12.6. The van der Waals surface area contributed by atoms with Gasteiger partial charge in [0.1, 0.15) is 0 Å². The molecule has 1 amide bonds. The van der Waals surface area contributed by atoms with Crippen molar-refractivity contribution in [3.05, 3.63) is 21.4 Å². The van der Waals surface area contributed by atoms with Crippen LogP contribution in [0.15, 0.2) is 6.07 Å². The van der Waals surface area contributed by atoms with Crippen LogP contribution in [-0.2, 0) is 12.8 Å². The second kappa shape index (κ2) is 6.05. The van der Waals surface area contributed by atoms with Crippen molar-refractivity contribution in [1.29, 1.82) is 0 Å². The second-order valence-electron chi connectivity index (χ2n) is 6.23. The standard InChI is InChI=1S/C16H22N2OS2/c17-15(20)16(8-4-1-5-9-16)18-14(19)13-10-11-6-2-3-7-12(11)21-13/h10H,1-9H2,(H2,17,20)(H,18,19). The molecule has 0 saturated heterocycles.